The summed E-state index contributed by atoms with van der Waals surface area (Å²) in [5.41, 5.74) is 0.183. The quantitative estimate of drug-likeness (QED) is 0.829. The number of rotatable bonds is 3. The molecule has 1 aromatic carbocycles. The number of likely N-dealkylation sites (tertiary alicyclic amines) is 1. The fourth-order valence-corrected chi connectivity index (χ4v) is 2.75. The lowest BCUT2D eigenvalue weighted by molar-refractivity contribution is -0.0503. The van der Waals surface area contributed by atoms with E-state index in [0.717, 1.165) is 12.8 Å². The molecule has 0 N–H and O–H groups in total. The average molecular weight is 348 g/mol. The van der Waals surface area contributed by atoms with Gasteiger partial charge in [-0.25, -0.2) is 0 Å². The van der Waals surface area contributed by atoms with Crippen LogP contribution in [0.1, 0.15) is 30.1 Å². The van der Waals surface area contributed by atoms with Crippen LogP contribution in [0.4, 0.5) is 8.78 Å². The fourth-order valence-electron chi connectivity index (χ4n) is 2.41. The second-order valence-electron chi connectivity index (χ2n) is 5.02. The number of halogens is 3. The second kappa shape index (κ2) is 6.52. The first-order valence-corrected chi connectivity index (χ1v) is 7.30. The van der Waals surface area contributed by atoms with Crippen LogP contribution in [0.5, 0.6) is 5.75 Å². The van der Waals surface area contributed by atoms with Crippen molar-refractivity contribution < 1.29 is 18.3 Å². The molecule has 0 saturated carbocycles. The molecular weight excluding hydrogens is 332 g/mol. The van der Waals surface area contributed by atoms with Crippen LogP contribution in [0.3, 0.4) is 0 Å². The van der Waals surface area contributed by atoms with Crippen LogP contribution in [0.2, 0.25) is 0 Å². The lowest BCUT2D eigenvalue weighted by Crippen LogP contribution is -2.39. The molecule has 1 heterocycles. The maximum absolute atomic E-state index is 12.4. The van der Waals surface area contributed by atoms with Gasteiger partial charge in [-0.1, -0.05) is 22.9 Å². The normalized spacial score (nSPS) is 19.2. The highest BCUT2D eigenvalue weighted by Gasteiger charge is 2.25. The molecule has 3 nitrogen and oxygen atoms in total. The summed E-state index contributed by atoms with van der Waals surface area (Å²) in [4.78, 5) is 14.1. The van der Waals surface area contributed by atoms with E-state index in [1.54, 1.807) is 11.0 Å². The first-order chi connectivity index (χ1) is 9.47. The van der Waals surface area contributed by atoms with Gasteiger partial charge in [0.1, 0.15) is 5.75 Å². The van der Waals surface area contributed by atoms with Crippen LogP contribution in [0, 0.1) is 5.92 Å². The van der Waals surface area contributed by atoms with E-state index >= 15 is 0 Å². The Kier molecular flexibility index (Phi) is 4.96. The van der Waals surface area contributed by atoms with E-state index in [-0.39, 0.29) is 17.2 Å². The lowest BCUT2D eigenvalue weighted by Gasteiger charge is -2.31. The Balaban J connectivity index is 2.24. The third kappa shape index (κ3) is 3.69. The van der Waals surface area contributed by atoms with E-state index in [2.05, 4.69) is 27.6 Å². The molecule has 0 bridgehead atoms. The molecule has 1 atom stereocenters. The monoisotopic (exact) mass is 347 g/mol. The zero-order chi connectivity index (χ0) is 14.7. The first-order valence-electron chi connectivity index (χ1n) is 6.51. The third-order valence-electron chi connectivity index (χ3n) is 3.33. The largest absolute Gasteiger partial charge is 0.434 e. The van der Waals surface area contributed by atoms with Crippen LogP contribution in [-0.4, -0.2) is 30.5 Å². The zero-order valence-electron chi connectivity index (χ0n) is 11.1. The topological polar surface area (TPSA) is 29.5 Å². The Bertz CT molecular complexity index is 496. The van der Waals surface area contributed by atoms with E-state index in [1.807, 2.05) is 0 Å². The minimum absolute atomic E-state index is 0.0856. The molecule has 1 fully saturated rings. The Morgan fingerprint density at radius 1 is 1.50 bits per heavy atom. The van der Waals surface area contributed by atoms with Crippen molar-refractivity contribution in [3.05, 3.63) is 28.2 Å². The lowest BCUT2D eigenvalue weighted by atomic mass is 9.99. The summed E-state index contributed by atoms with van der Waals surface area (Å²) in [7, 11) is 0. The standard InChI is InChI=1S/C14H16BrF2NO2/c1-9-3-2-6-18(8-9)13(19)11-5-4-10(15)7-12(11)20-14(16)17/h4-5,7,9,14H,2-3,6,8H2,1H3. The van der Waals surface area contributed by atoms with Gasteiger partial charge in [0.15, 0.2) is 0 Å². The molecule has 1 unspecified atom stereocenters. The van der Waals surface area contributed by atoms with E-state index in [4.69, 9.17) is 0 Å². The van der Waals surface area contributed by atoms with Gasteiger partial charge in [0.05, 0.1) is 5.56 Å². The van der Waals surface area contributed by atoms with Gasteiger partial charge in [-0.15, -0.1) is 0 Å². The van der Waals surface area contributed by atoms with Crippen molar-refractivity contribution in [2.45, 2.75) is 26.4 Å². The molecule has 0 aromatic heterocycles. The van der Waals surface area contributed by atoms with Crippen LogP contribution in [0.25, 0.3) is 0 Å². The molecule has 0 radical (unpaired) electrons. The molecule has 1 aromatic rings. The summed E-state index contributed by atoms with van der Waals surface area (Å²) in [6.07, 6.45) is 2.03. The molecule has 20 heavy (non-hydrogen) atoms. The molecule has 1 aliphatic heterocycles. The summed E-state index contributed by atoms with van der Waals surface area (Å²) >= 11 is 3.19. The highest BCUT2D eigenvalue weighted by atomic mass is 79.9. The van der Waals surface area contributed by atoms with Crippen LogP contribution >= 0.6 is 15.9 Å². The molecule has 0 aliphatic carbocycles. The van der Waals surface area contributed by atoms with Gasteiger partial charge in [-0.3, -0.25) is 4.79 Å². The zero-order valence-corrected chi connectivity index (χ0v) is 12.7. The van der Waals surface area contributed by atoms with E-state index < -0.39 is 6.61 Å². The van der Waals surface area contributed by atoms with E-state index in [0.29, 0.717) is 23.5 Å². The van der Waals surface area contributed by atoms with Gasteiger partial charge in [0.25, 0.3) is 5.91 Å². The van der Waals surface area contributed by atoms with Crippen molar-refractivity contribution >= 4 is 21.8 Å². The molecule has 110 valence electrons. The predicted octanol–water partition coefficient (Wildman–Crippen LogP) is 3.92. The Labute approximate surface area is 125 Å². The number of benzene rings is 1. The van der Waals surface area contributed by atoms with Gasteiger partial charge in [-0.05, 0) is 37.0 Å². The number of hydrogen-bond acceptors (Lipinski definition) is 2. The Hall–Kier alpha value is -1.17. The number of amides is 1. The molecule has 1 amide bonds. The number of nitrogens with zero attached hydrogens (tertiary/aromatic N) is 1. The SMILES string of the molecule is CC1CCCN(C(=O)c2ccc(Br)cc2OC(F)F)C1. The Morgan fingerprint density at radius 2 is 2.25 bits per heavy atom. The van der Waals surface area contributed by atoms with Gasteiger partial charge in [0.2, 0.25) is 0 Å². The average Bonchev–Trinajstić information content (AvgIpc) is 2.37. The van der Waals surface area contributed by atoms with E-state index in [9.17, 15) is 13.6 Å². The minimum atomic E-state index is -2.95. The maximum Gasteiger partial charge on any atom is 0.387 e. The van der Waals surface area contributed by atoms with Crippen molar-refractivity contribution in [2.75, 3.05) is 13.1 Å². The first kappa shape index (κ1) is 15.2. The minimum Gasteiger partial charge on any atom is -0.434 e. The molecule has 0 spiro atoms. The number of carbonyl (C=O) groups is 1. The summed E-state index contributed by atoms with van der Waals surface area (Å²) in [6, 6.07) is 4.56. The van der Waals surface area contributed by atoms with Crippen molar-refractivity contribution in [1.29, 1.82) is 0 Å². The van der Waals surface area contributed by atoms with Crippen molar-refractivity contribution in [3.8, 4) is 5.75 Å². The van der Waals surface area contributed by atoms with Crippen LogP contribution in [-0.2, 0) is 0 Å². The summed E-state index contributed by atoms with van der Waals surface area (Å²) in [5, 5.41) is 0. The number of ether oxygens (including phenoxy) is 1. The van der Waals surface area contributed by atoms with Crippen molar-refractivity contribution in [3.63, 3.8) is 0 Å². The van der Waals surface area contributed by atoms with Gasteiger partial charge in [-0.2, -0.15) is 8.78 Å². The summed E-state index contributed by atoms with van der Waals surface area (Å²) in [5.74, 6) is 0.0971. The highest BCUT2D eigenvalue weighted by Crippen LogP contribution is 2.28. The van der Waals surface area contributed by atoms with Gasteiger partial charge >= 0.3 is 6.61 Å². The second-order valence-corrected chi connectivity index (χ2v) is 5.93. The number of carbonyl (C=O) groups excluding carboxylic acids is 1. The summed E-state index contributed by atoms with van der Waals surface area (Å²) in [6.45, 7) is 0.449. The molecule has 1 saturated heterocycles. The van der Waals surface area contributed by atoms with Gasteiger partial charge in [0, 0.05) is 17.6 Å². The maximum atomic E-state index is 12.4. The van der Waals surface area contributed by atoms with Crippen LogP contribution < -0.4 is 4.74 Å². The third-order valence-corrected chi connectivity index (χ3v) is 3.83. The van der Waals surface area contributed by atoms with Crippen molar-refractivity contribution in [2.24, 2.45) is 5.92 Å². The fraction of sp³-hybridized carbons (Fsp3) is 0.500. The predicted molar refractivity (Wildman–Crippen MR) is 75.1 cm³/mol. The number of piperidine rings is 1. The molecule has 1 aliphatic rings. The number of hydrogen-bond donors (Lipinski definition) is 0. The number of alkyl halides is 2. The van der Waals surface area contributed by atoms with Crippen LogP contribution in [0.15, 0.2) is 22.7 Å². The summed E-state index contributed by atoms with van der Waals surface area (Å²) < 4.78 is 29.9. The Morgan fingerprint density at radius 3 is 2.90 bits per heavy atom. The highest BCUT2D eigenvalue weighted by molar-refractivity contribution is 9.10. The van der Waals surface area contributed by atoms with Gasteiger partial charge < -0.3 is 9.64 Å². The molecule has 6 heteroatoms. The smallest absolute Gasteiger partial charge is 0.387 e. The molecular formula is C14H16BrF2NO2. The van der Waals surface area contributed by atoms with Crippen molar-refractivity contribution in [1.82, 2.24) is 4.90 Å². The molecule has 2 rings (SSSR count). The van der Waals surface area contributed by atoms with E-state index in [1.165, 1.54) is 12.1 Å².